The molecule has 1 aromatic carbocycles. The lowest BCUT2D eigenvalue weighted by Crippen LogP contribution is -2.61. The van der Waals surface area contributed by atoms with E-state index in [0.29, 0.717) is 25.6 Å². The van der Waals surface area contributed by atoms with E-state index in [1.54, 1.807) is 11.2 Å². The number of amides is 1. The molecule has 0 spiro atoms. The molecule has 3 rings (SSSR count). The Kier molecular flexibility index (Phi) is 5.33. The van der Waals surface area contributed by atoms with E-state index in [9.17, 15) is 4.79 Å². The molecule has 7 heteroatoms. The molecule has 1 amide bonds. The summed E-state index contributed by atoms with van der Waals surface area (Å²) >= 11 is 0. The number of likely N-dealkylation sites (tertiary alicyclic amines) is 1. The quantitative estimate of drug-likeness (QED) is 0.870. The van der Waals surface area contributed by atoms with Gasteiger partial charge >= 0.3 is 6.09 Å². The van der Waals surface area contributed by atoms with Crippen molar-refractivity contribution < 1.29 is 9.53 Å². The molecule has 0 saturated carbocycles. The summed E-state index contributed by atoms with van der Waals surface area (Å²) in [6.45, 7) is 5.90. The number of aryl methyl sites for hydroxylation is 1. The van der Waals surface area contributed by atoms with Gasteiger partial charge < -0.3 is 19.5 Å². The Morgan fingerprint density at radius 1 is 1.32 bits per heavy atom. The first-order valence-corrected chi connectivity index (χ1v) is 8.60. The minimum absolute atomic E-state index is 0.111. The van der Waals surface area contributed by atoms with Crippen LogP contribution in [0.4, 0.5) is 4.79 Å². The molecule has 25 heavy (non-hydrogen) atoms. The van der Waals surface area contributed by atoms with Crippen molar-refractivity contribution >= 4 is 6.09 Å². The molecule has 0 radical (unpaired) electrons. The van der Waals surface area contributed by atoms with Crippen LogP contribution >= 0.6 is 0 Å². The Labute approximate surface area is 148 Å². The normalized spacial score (nSPS) is 15.9. The van der Waals surface area contributed by atoms with Crippen LogP contribution in [0, 0.1) is 5.92 Å². The number of rotatable bonds is 6. The molecule has 0 unspecified atom stereocenters. The molecule has 2 aromatic rings. The second-order valence-electron chi connectivity index (χ2n) is 6.83. The Balaban J connectivity index is 1.47. The molecule has 134 valence electrons. The van der Waals surface area contributed by atoms with Crippen molar-refractivity contribution in [2.45, 2.75) is 32.5 Å². The minimum Gasteiger partial charge on any atom is -0.445 e. The number of hydrogen-bond acceptors (Lipinski definition) is 5. The highest BCUT2D eigenvalue weighted by Gasteiger charge is 2.34. The molecule has 2 heterocycles. The van der Waals surface area contributed by atoms with Crippen molar-refractivity contribution in [2.24, 2.45) is 13.0 Å². The third kappa shape index (κ3) is 4.17. The first-order valence-electron chi connectivity index (χ1n) is 8.60. The zero-order chi connectivity index (χ0) is 17.8. The second-order valence-corrected chi connectivity index (χ2v) is 6.83. The Morgan fingerprint density at radius 2 is 2.04 bits per heavy atom. The van der Waals surface area contributed by atoms with Gasteiger partial charge in [-0.25, -0.2) is 4.79 Å². The van der Waals surface area contributed by atoms with Crippen LogP contribution in [0.2, 0.25) is 0 Å². The maximum absolute atomic E-state index is 12.1. The van der Waals surface area contributed by atoms with Crippen molar-refractivity contribution in [3.63, 3.8) is 0 Å². The standard InChI is InChI=1S/C18H25N5O2/c1-13(2)16(17-21-19-12-22(17)3)20-15-9-23(10-15)18(24)25-11-14-7-5-4-6-8-14/h4-8,12-13,15-16,20H,9-11H2,1-3H3/t16-/m0/s1. The molecule has 1 aliphatic heterocycles. The van der Waals surface area contributed by atoms with Gasteiger partial charge in [0.1, 0.15) is 18.8 Å². The predicted molar refractivity (Wildman–Crippen MR) is 93.7 cm³/mol. The molecule has 1 aromatic heterocycles. The van der Waals surface area contributed by atoms with Crippen molar-refractivity contribution in [1.29, 1.82) is 0 Å². The van der Waals surface area contributed by atoms with Crippen LogP contribution in [0.25, 0.3) is 0 Å². The lowest BCUT2D eigenvalue weighted by Gasteiger charge is -2.41. The Hall–Kier alpha value is -2.41. The summed E-state index contributed by atoms with van der Waals surface area (Å²) in [4.78, 5) is 13.8. The monoisotopic (exact) mass is 343 g/mol. The fraction of sp³-hybridized carbons (Fsp3) is 0.500. The van der Waals surface area contributed by atoms with Gasteiger partial charge in [0.2, 0.25) is 0 Å². The van der Waals surface area contributed by atoms with E-state index in [0.717, 1.165) is 11.4 Å². The average Bonchev–Trinajstić information content (AvgIpc) is 2.98. The number of nitrogens with zero attached hydrogens (tertiary/aromatic N) is 4. The zero-order valence-electron chi connectivity index (χ0n) is 14.9. The molecule has 7 nitrogen and oxygen atoms in total. The molecule has 1 fully saturated rings. The molecule has 1 atom stereocenters. The number of nitrogens with one attached hydrogen (secondary N) is 1. The van der Waals surface area contributed by atoms with Crippen LogP contribution in [0.5, 0.6) is 0 Å². The van der Waals surface area contributed by atoms with Crippen molar-refractivity contribution in [3.8, 4) is 0 Å². The number of carbonyl (C=O) groups excluding carboxylic acids is 1. The van der Waals surface area contributed by atoms with Gasteiger partial charge in [-0.05, 0) is 11.5 Å². The molecule has 0 aliphatic carbocycles. The van der Waals surface area contributed by atoms with Crippen LogP contribution in [0.3, 0.4) is 0 Å². The van der Waals surface area contributed by atoms with E-state index < -0.39 is 0 Å². The molecular weight excluding hydrogens is 318 g/mol. The average molecular weight is 343 g/mol. The number of carbonyl (C=O) groups is 1. The Bertz CT molecular complexity index is 695. The third-order valence-electron chi connectivity index (χ3n) is 4.45. The molecular formula is C18H25N5O2. The summed E-state index contributed by atoms with van der Waals surface area (Å²) in [5, 5.41) is 11.8. The fourth-order valence-corrected chi connectivity index (χ4v) is 2.94. The van der Waals surface area contributed by atoms with E-state index in [-0.39, 0.29) is 18.2 Å². The van der Waals surface area contributed by atoms with Crippen LogP contribution in [-0.4, -0.2) is 44.9 Å². The summed E-state index contributed by atoms with van der Waals surface area (Å²) in [5.41, 5.74) is 0.994. The highest BCUT2D eigenvalue weighted by molar-refractivity contribution is 5.68. The van der Waals surface area contributed by atoms with E-state index in [1.165, 1.54) is 0 Å². The first kappa shape index (κ1) is 17.4. The first-order chi connectivity index (χ1) is 12.0. The SMILES string of the molecule is CC(C)[C@H](NC1CN(C(=O)OCc2ccccc2)C1)c1nncn1C. The van der Waals surface area contributed by atoms with Crippen LogP contribution in [0.15, 0.2) is 36.7 Å². The summed E-state index contributed by atoms with van der Waals surface area (Å²) in [7, 11) is 1.94. The largest absolute Gasteiger partial charge is 0.445 e. The van der Waals surface area contributed by atoms with E-state index >= 15 is 0 Å². The lowest BCUT2D eigenvalue weighted by molar-refractivity contribution is 0.0556. The van der Waals surface area contributed by atoms with Gasteiger partial charge in [0.25, 0.3) is 0 Å². The van der Waals surface area contributed by atoms with E-state index in [1.807, 2.05) is 41.9 Å². The van der Waals surface area contributed by atoms with Crippen LogP contribution in [0.1, 0.15) is 31.3 Å². The van der Waals surface area contributed by atoms with Crippen LogP contribution in [-0.2, 0) is 18.4 Å². The van der Waals surface area contributed by atoms with Gasteiger partial charge in [-0.3, -0.25) is 0 Å². The number of aromatic nitrogens is 3. The summed E-state index contributed by atoms with van der Waals surface area (Å²) in [6, 6.07) is 10.1. The molecule has 1 saturated heterocycles. The molecule has 1 N–H and O–H groups in total. The highest BCUT2D eigenvalue weighted by Crippen LogP contribution is 2.22. The fourth-order valence-electron chi connectivity index (χ4n) is 2.94. The molecule has 1 aliphatic rings. The smallest absolute Gasteiger partial charge is 0.410 e. The predicted octanol–water partition coefficient (Wildman–Crippen LogP) is 2.12. The third-order valence-corrected chi connectivity index (χ3v) is 4.45. The summed E-state index contributed by atoms with van der Waals surface area (Å²) in [5.74, 6) is 1.29. The van der Waals surface area contributed by atoms with E-state index in [2.05, 4.69) is 29.4 Å². The van der Waals surface area contributed by atoms with Gasteiger partial charge in [0.15, 0.2) is 0 Å². The Morgan fingerprint density at radius 3 is 2.64 bits per heavy atom. The van der Waals surface area contributed by atoms with Gasteiger partial charge in [-0.1, -0.05) is 44.2 Å². The topological polar surface area (TPSA) is 72.3 Å². The van der Waals surface area contributed by atoms with Crippen molar-refractivity contribution in [2.75, 3.05) is 13.1 Å². The van der Waals surface area contributed by atoms with Crippen molar-refractivity contribution in [1.82, 2.24) is 25.0 Å². The maximum atomic E-state index is 12.1. The highest BCUT2D eigenvalue weighted by atomic mass is 16.6. The lowest BCUT2D eigenvalue weighted by atomic mass is 10.00. The zero-order valence-corrected chi connectivity index (χ0v) is 14.9. The second kappa shape index (κ2) is 7.65. The van der Waals surface area contributed by atoms with E-state index in [4.69, 9.17) is 4.74 Å². The summed E-state index contributed by atoms with van der Waals surface area (Å²) in [6.07, 6.45) is 1.45. The van der Waals surface area contributed by atoms with Crippen LogP contribution < -0.4 is 5.32 Å². The number of benzene rings is 1. The molecule has 0 bridgehead atoms. The van der Waals surface area contributed by atoms with Crippen molar-refractivity contribution in [3.05, 3.63) is 48.0 Å². The van der Waals surface area contributed by atoms with Gasteiger partial charge in [-0.15, -0.1) is 10.2 Å². The van der Waals surface area contributed by atoms with Gasteiger partial charge in [-0.2, -0.15) is 0 Å². The number of hydrogen-bond donors (Lipinski definition) is 1. The summed E-state index contributed by atoms with van der Waals surface area (Å²) < 4.78 is 7.29. The maximum Gasteiger partial charge on any atom is 0.410 e. The van der Waals surface area contributed by atoms with Gasteiger partial charge in [0.05, 0.1) is 6.04 Å². The number of ether oxygens (including phenoxy) is 1. The van der Waals surface area contributed by atoms with Gasteiger partial charge in [0, 0.05) is 26.2 Å². The minimum atomic E-state index is -0.262.